The van der Waals surface area contributed by atoms with Gasteiger partial charge in [0.25, 0.3) is 0 Å². The fourth-order valence-electron chi connectivity index (χ4n) is 1.56. The minimum atomic E-state index is -0.297. The van der Waals surface area contributed by atoms with Crippen molar-refractivity contribution in [3.63, 3.8) is 0 Å². The van der Waals surface area contributed by atoms with Gasteiger partial charge in [-0.05, 0) is 24.8 Å². The van der Waals surface area contributed by atoms with Crippen molar-refractivity contribution in [2.24, 2.45) is 15.9 Å². The van der Waals surface area contributed by atoms with Gasteiger partial charge >= 0.3 is 0 Å². The molecule has 0 spiro atoms. The maximum absolute atomic E-state index is 13.7. The van der Waals surface area contributed by atoms with E-state index >= 15 is 0 Å². The largest absolute Gasteiger partial charge is 0.292 e. The lowest BCUT2D eigenvalue weighted by atomic mass is 9.98. The van der Waals surface area contributed by atoms with Crippen LogP contribution in [0.1, 0.15) is 19.4 Å². The van der Waals surface area contributed by atoms with E-state index in [1.54, 1.807) is 19.2 Å². The van der Waals surface area contributed by atoms with Crippen LogP contribution in [0.4, 0.5) is 10.1 Å². The Labute approximate surface area is 89.6 Å². The zero-order chi connectivity index (χ0) is 11.4. The zero-order valence-electron chi connectivity index (χ0n) is 9.29. The summed E-state index contributed by atoms with van der Waals surface area (Å²) < 4.78 is 13.7. The van der Waals surface area contributed by atoms with E-state index in [4.69, 9.17) is 0 Å². The molecule has 0 aromatic heterocycles. The van der Waals surface area contributed by atoms with E-state index in [1.807, 2.05) is 13.8 Å². The van der Waals surface area contributed by atoms with E-state index in [9.17, 15) is 4.39 Å². The highest BCUT2D eigenvalue weighted by molar-refractivity contribution is 6.06. The molecule has 1 rings (SSSR count). The summed E-state index contributed by atoms with van der Waals surface area (Å²) in [5.41, 5.74) is 1.73. The Morgan fingerprint density at radius 2 is 2.07 bits per heavy atom. The maximum atomic E-state index is 13.7. The lowest BCUT2D eigenvalue weighted by Gasteiger charge is -2.12. The molecule has 15 heavy (non-hydrogen) atoms. The molecule has 0 saturated carbocycles. The highest BCUT2D eigenvalue weighted by atomic mass is 19.1. The standard InChI is InChI=1S/C12H15FN2/c1-8(2)12(15-4)11-9(13)6-5-7-10(11)14-3/h5-8H,3H2,1-2,4H3. The summed E-state index contributed by atoms with van der Waals surface area (Å²) in [5, 5.41) is 0. The molecule has 0 N–H and O–H groups in total. The molecular formula is C12H15FN2. The average Bonchev–Trinajstić information content (AvgIpc) is 2.21. The van der Waals surface area contributed by atoms with Crippen LogP contribution in [0, 0.1) is 11.7 Å². The highest BCUT2D eigenvalue weighted by Gasteiger charge is 2.16. The molecule has 0 unspecified atom stereocenters. The molecule has 0 bridgehead atoms. The smallest absolute Gasteiger partial charge is 0.134 e. The van der Waals surface area contributed by atoms with Gasteiger partial charge in [-0.2, -0.15) is 0 Å². The van der Waals surface area contributed by atoms with Crippen LogP contribution in [0.2, 0.25) is 0 Å². The van der Waals surface area contributed by atoms with Gasteiger partial charge in [0.05, 0.1) is 11.3 Å². The fourth-order valence-corrected chi connectivity index (χ4v) is 1.56. The number of halogens is 1. The van der Waals surface area contributed by atoms with Crippen molar-refractivity contribution in [1.29, 1.82) is 0 Å². The molecule has 0 heterocycles. The SMILES string of the molecule is C=Nc1cccc(F)c1C(=NC)C(C)C. The third-order valence-corrected chi connectivity index (χ3v) is 2.21. The number of benzene rings is 1. The van der Waals surface area contributed by atoms with Crippen molar-refractivity contribution >= 4 is 18.1 Å². The summed E-state index contributed by atoms with van der Waals surface area (Å²) >= 11 is 0. The van der Waals surface area contributed by atoms with Crippen molar-refractivity contribution in [3.05, 3.63) is 29.6 Å². The van der Waals surface area contributed by atoms with Crippen molar-refractivity contribution in [1.82, 2.24) is 0 Å². The number of rotatable bonds is 3. The monoisotopic (exact) mass is 206 g/mol. The minimum absolute atomic E-state index is 0.160. The van der Waals surface area contributed by atoms with Crippen LogP contribution in [0.5, 0.6) is 0 Å². The van der Waals surface area contributed by atoms with E-state index < -0.39 is 0 Å². The molecule has 3 heteroatoms. The van der Waals surface area contributed by atoms with E-state index in [1.165, 1.54) is 6.07 Å². The molecule has 0 amide bonds. The van der Waals surface area contributed by atoms with Gasteiger partial charge in [-0.15, -0.1) is 0 Å². The molecule has 0 radical (unpaired) electrons. The van der Waals surface area contributed by atoms with Gasteiger partial charge in [0, 0.05) is 12.8 Å². The topological polar surface area (TPSA) is 24.7 Å². The second-order valence-corrected chi connectivity index (χ2v) is 3.56. The summed E-state index contributed by atoms with van der Waals surface area (Å²) in [4.78, 5) is 7.93. The molecule has 1 aromatic carbocycles. The maximum Gasteiger partial charge on any atom is 0.134 e. The molecule has 0 saturated heterocycles. The Kier molecular flexibility index (Phi) is 3.72. The second-order valence-electron chi connectivity index (χ2n) is 3.56. The van der Waals surface area contributed by atoms with Crippen LogP contribution < -0.4 is 0 Å². The van der Waals surface area contributed by atoms with E-state index in [0.29, 0.717) is 11.3 Å². The van der Waals surface area contributed by atoms with Gasteiger partial charge in [0.1, 0.15) is 5.82 Å². The predicted molar refractivity (Wildman–Crippen MR) is 62.9 cm³/mol. The van der Waals surface area contributed by atoms with Crippen LogP contribution in [-0.2, 0) is 0 Å². The Hall–Kier alpha value is -1.51. The number of hydrogen-bond donors (Lipinski definition) is 0. The molecule has 0 fully saturated rings. The molecule has 0 aliphatic heterocycles. The molecule has 0 aliphatic carbocycles. The minimum Gasteiger partial charge on any atom is -0.292 e. The van der Waals surface area contributed by atoms with Crippen molar-refractivity contribution in [2.45, 2.75) is 13.8 Å². The molecule has 2 nitrogen and oxygen atoms in total. The van der Waals surface area contributed by atoms with Gasteiger partial charge in [0.15, 0.2) is 0 Å². The van der Waals surface area contributed by atoms with Crippen LogP contribution >= 0.6 is 0 Å². The van der Waals surface area contributed by atoms with E-state index in [2.05, 4.69) is 16.7 Å². The quantitative estimate of drug-likeness (QED) is 0.678. The summed E-state index contributed by atoms with van der Waals surface area (Å²) in [6, 6.07) is 4.77. The Bertz CT molecular complexity index is 395. The summed E-state index contributed by atoms with van der Waals surface area (Å²) in [5.74, 6) is -0.137. The van der Waals surface area contributed by atoms with Crippen molar-refractivity contribution < 1.29 is 4.39 Å². The van der Waals surface area contributed by atoms with Gasteiger partial charge in [0.2, 0.25) is 0 Å². The summed E-state index contributed by atoms with van der Waals surface area (Å²) in [6.45, 7) is 7.38. The highest BCUT2D eigenvalue weighted by Crippen LogP contribution is 2.24. The van der Waals surface area contributed by atoms with Crippen LogP contribution in [0.3, 0.4) is 0 Å². The van der Waals surface area contributed by atoms with Gasteiger partial charge in [-0.1, -0.05) is 19.9 Å². The van der Waals surface area contributed by atoms with Gasteiger partial charge in [-0.25, -0.2) is 4.39 Å². The Morgan fingerprint density at radius 3 is 2.53 bits per heavy atom. The van der Waals surface area contributed by atoms with Crippen LogP contribution in [0.15, 0.2) is 28.2 Å². The average molecular weight is 206 g/mol. The second kappa shape index (κ2) is 4.82. The zero-order valence-corrected chi connectivity index (χ0v) is 9.29. The predicted octanol–water partition coefficient (Wildman–Crippen LogP) is 3.23. The molecule has 80 valence electrons. The van der Waals surface area contributed by atoms with Crippen molar-refractivity contribution in [2.75, 3.05) is 7.05 Å². The number of nitrogens with zero attached hydrogens (tertiary/aromatic N) is 2. The number of hydrogen-bond acceptors (Lipinski definition) is 2. The first kappa shape index (κ1) is 11.6. The van der Waals surface area contributed by atoms with E-state index in [-0.39, 0.29) is 11.7 Å². The summed E-state index contributed by atoms with van der Waals surface area (Å²) in [7, 11) is 1.66. The van der Waals surface area contributed by atoms with Crippen LogP contribution in [-0.4, -0.2) is 19.5 Å². The van der Waals surface area contributed by atoms with Gasteiger partial charge in [-0.3, -0.25) is 9.98 Å². The Morgan fingerprint density at radius 1 is 1.40 bits per heavy atom. The molecule has 1 aromatic rings. The van der Waals surface area contributed by atoms with Crippen molar-refractivity contribution in [3.8, 4) is 0 Å². The Balaban J connectivity index is 3.40. The lowest BCUT2D eigenvalue weighted by molar-refractivity contribution is 0.623. The van der Waals surface area contributed by atoms with Crippen LogP contribution in [0.25, 0.3) is 0 Å². The normalized spacial score (nSPS) is 11.9. The lowest BCUT2D eigenvalue weighted by Crippen LogP contribution is -2.11. The van der Waals surface area contributed by atoms with E-state index in [0.717, 1.165) is 5.71 Å². The van der Waals surface area contributed by atoms with Gasteiger partial charge < -0.3 is 0 Å². The third-order valence-electron chi connectivity index (χ3n) is 2.21. The summed E-state index contributed by atoms with van der Waals surface area (Å²) in [6.07, 6.45) is 0. The first-order valence-corrected chi connectivity index (χ1v) is 4.84. The number of aliphatic imine (C=N–C) groups is 2. The molecular weight excluding hydrogens is 191 g/mol. The third kappa shape index (κ3) is 2.29. The first-order chi connectivity index (χ1) is 7.11. The molecule has 0 atom stereocenters. The molecule has 0 aliphatic rings. The first-order valence-electron chi connectivity index (χ1n) is 4.84. The fraction of sp³-hybridized carbons (Fsp3) is 0.333.